The molecule has 0 N–H and O–H groups in total. The largest absolute Gasteiger partial charge is 0.308 e. The molecule has 2 heterocycles. The quantitative estimate of drug-likeness (QED) is 0.464. The summed E-state index contributed by atoms with van der Waals surface area (Å²) in [5.74, 6) is -0.266. The lowest BCUT2D eigenvalue weighted by molar-refractivity contribution is 0.0992. The molecule has 0 unspecified atom stereocenters. The Morgan fingerprint density at radius 2 is 1.86 bits per heavy atom. The van der Waals surface area contributed by atoms with Gasteiger partial charge in [0.05, 0.1) is 17.1 Å². The third-order valence-corrected chi connectivity index (χ3v) is 5.83. The first kappa shape index (κ1) is 18.4. The third-order valence-electron chi connectivity index (χ3n) is 4.69. The second kappa shape index (κ2) is 7.56. The zero-order valence-electron chi connectivity index (χ0n) is 15.7. The van der Waals surface area contributed by atoms with Crippen LogP contribution in [0.15, 0.2) is 60.7 Å². The fourth-order valence-corrected chi connectivity index (χ4v) is 4.38. The Balaban J connectivity index is 1.67. The summed E-state index contributed by atoms with van der Waals surface area (Å²) in [6.07, 6.45) is 0. The van der Waals surface area contributed by atoms with Gasteiger partial charge in [0.25, 0.3) is 5.91 Å². The molecule has 0 atom stereocenters. The number of rotatable bonds is 5. The number of thiophene rings is 1. The van der Waals surface area contributed by atoms with E-state index in [1.807, 2.05) is 54.9 Å². The number of fused-ring (bicyclic) bond motifs is 1. The van der Waals surface area contributed by atoms with E-state index in [4.69, 9.17) is 0 Å². The number of halogens is 1. The molecule has 1 amide bonds. The number of carbonyl (C=O) groups excluding carboxylic acids is 1. The van der Waals surface area contributed by atoms with Crippen LogP contribution in [0.25, 0.3) is 10.2 Å². The second-order valence-corrected chi connectivity index (χ2v) is 7.61. The first-order chi connectivity index (χ1) is 13.6. The van der Waals surface area contributed by atoms with Crippen molar-refractivity contribution < 1.29 is 9.18 Å². The molecule has 0 aliphatic heterocycles. The van der Waals surface area contributed by atoms with Gasteiger partial charge in [-0.2, -0.15) is 5.10 Å². The maximum absolute atomic E-state index is 13.2. The van der Waals surface area contributed by atoms with Gasteiger partial charge in [-0.15, -0.1) is 11.3 Å². The van der Waals surface area contributed by atoms with Gasteiger partial charge in [-0.25, -0.2) is 4.39 Å². The summed E-state index contributed by atoms with van der Waals surface area (Å²) in [4.78, 5) is 16.5. The summed E-state index contributed by atoms with van der Waals surface area (Å²) in [5, 5.41) is 5.59. The van der Waals surface area contributed by atoms with Crippen LogP contribution in [-0.2, 0) is 6.54 Å². The van der Waals surface area contributed by atoms with E-state index in [0.29, 0.717) is 18.0 Å². The highest BCUT2D eigenvalue weighted by atomic mass is 32.1. The number of hydrogen-bond acceptors (Lipinski definition) is 3. The SMILES string of the molecule is CCN(C(=O)c1cc2c(C)nn(Cc3ccc(F)cc3)c2s1)c1ccccc1. The summed E-state index contributed by atoms with van der Waals surface area (Å²) in [7, 11) is 0. The highest BCUT2D eigenvalue weighted by molar-refractivity contribution is 7.20. The number of carbonyl (C=O) groups is 1. The van der Waals surface area contributed by atoms with E-state index >= 15 is 0 Å². The average Bonchev–Trinajstić information content (AvgIpc) is 3.26. The minimum absolute atomic E-state index is 0.0115. The van der Waals surface area contributed by atoms with Gasteiger partial charge in [0, 0.05) is 17.6 Å². The van der Waals surface area contributed by atoms with Gasteiger partial charge in [-0.1, -0.05) is 30.3 Å². The minimum Gasteiger partial charge on any atom is -0.308 e. The van der Waals surface area contributed by atoms with E-state index in [9.17, 15) is 9.18 Å². The molecule has 0 bridgehead atoms. The maximum Gasteiger partial charge on any atom is 0.268 e. The zero-order chi connectivity index (χ0) is 19.7. The van der Waals surface area contributed by atoms with Crippen LogP contribution in [-0.4, -0.2) is 22.2 Å². The Bertz CT molecular complexity index is 1120. The van der Waals surface area contributed by atoms with Gasteiger partial charge in [-0.3, -0.25) is 9.48 Å². The molecule has 0 aliphatic rings. The first-order valence-corrected chi connectivity index (χ1v) is 9.96. The van der Waals surface area contributed by atoms with Crippen LogP contribution in [0.5, 0.6) is 0 Å². The standard InChI is InChI=1S/C22H20FN3OS/c1-3-25(18-7-5-4-6-8-18)21(27)20-13-19-15(2)24-26(22(19)28-20)14-16-9-11-17(23)12-10-16/h4-13H,3,14H2,1-2H3. The fraction of sp³-hybridized carbons (Fsp3) is 0.182. The number of amides is 1. The smallest absolute Gasteiger partial charge is 0.268 e. The molecule has 0 aliphatic carbocycles. The average molecular weight is 393 g/mol. The van der Waals surface area contributed by atoms with Gasteiger partial charge < -0.3 is 4.90 Å². The Morgan fingerprint density at radius 1 is 1.14 bits per heavy atom. The summed E-state index contributed by atoms with van der Waals surface area (Å²) >= 11 is 1.45. The Labute approximate surface area is 166 Å². The van der Waals surface area contributed by atoms with Crippen LogP contribution in [0, 0.1) is 12.7 Å². The van der Waals surface area contributed by atoms with Crippen molar-refractivity contribution in [2.45, 2.75) is 20.4 Å². The van der Waals surface area contributed by atoms with Gasteiger partial charge in [0.2, 0.25) is 0 Å². The lowest BCUT2D eigenvalue weighted by atomic mass is 10.2. The van der Waals surface area contributed by atoms with Crippen molar-refractivity contribution in [3.05, 3.63) is 82.6 Å². The lowest BCUT2D eigenvalue weighted by Gasteiger charge is -2.20. The summed E-state index contributed by atoms with van der Waals surface area (Å²) in [6, 6.07) is 18.0. The first-order valence-electron chi connectivity index (χ1n) is 9.15. The van der Waals surface area contributed by atoms with E-state index < -0.39 is 0 Å². The van der Waals surface area contributed by atoms with E-state index in [-0.39, 0.29) is 11.7 Å². The van der Waals surface area contributed by atoms with Gasteiger partial charge in [0.1, 0.15) is 10.6 Å². The van der Waals surface area contributed by atoms with E-state index in [1.165, 1.54) is 23.5 Å². The predicted molar refractivity (Wildman–Crippen MR) is 112 cm³/mol. The number of nitrogens with zero attached hydrogens (tertiary/aromatic N) is 3. The van der Waals surface area contributed by atoms with Crippen molar-refractivity contribution >= 4 is 33.1 Å². The molecule has 0 radical (unpaired) electrons. The molecule has 6 heteroatoms. The molecule has 0 spiro atoms. The number of benzene rings is 2. The molecule has 4 aromatic rings. The molecule has 2 aromatic heterocycles. The summed E-state index contributed by atoms with van der Waals surface area (Å²) in [6.45, 7) is 5.05. The van der Waals surface area contributed by atoms with E-state index in [2.05, 4.69) is 5.10 Å². The van der Waals surface area contributed by atoms with Crippen molar-refractivity contribution in [2.75, 3.05) is 11.4 Å². The predicted octanol–water partition coefficient (Wildman–Crippen LogP) is 5.26. The second-order valence-electron chi connectivity index (χ2n) is 6.58. The van der Waals surface area contributed by atoms with Crippen LogP contribution < -0.4 is 4.90 Å². The Morgan fingerprint density at radius 3 is 2.54 bits per heavy atom. The number of anilines is 1. The Hall–Kier alpha value is -2.99. The zero-order valence-corrected chi connectivity index (χ0v) is 16.5. The van der Waals surface area contributed by atoms with Gasteiger partial charge in [-0.05, 0) is 49.7 Å². The van der Waals surface area contributed by atoms with Crippen LogP contribution >= 0.6 is 11.3 Å². The molecule has 4 rings (SSSR count). The number of para-hydroxylation sites is 1. The molecule has 0 saturated carbocycles. The molecule has 4 nitrogen and oxygen atoms in total. The molecule has 28 heavy (non-hydrogen) atoms. The molecule has 142 valence electrons. The van der Waals surface area contributed by atoms with Crippen molar-refractivity contribution in [2.24, 2.45) is 0 Å². The maximum atomic E-state index is 13.2. The lowest BCUT2D eigenvalue weighted by Crippen LogP contribution is -2.29. The number of aryl methyl sites for hydroxylation is 1. The van der Waals surface area contributed by atoms with Crippen LogP contribution in [0.1, 0.15) is 27.9 Å². The van der Waals surface area contributed by atoms with Crippen molar-refractivity contribution in [3.8, 4) is 0 Å². The fourth-order valence-electron chi connectivity index (χ4n) is 3.27. The van der Waals surface area contributed by atoms with Crippen molar-refractivity contribution in [1.82, 2.24) is 9.78 Å². The highest BCUT2D eigenvalue weighted by Gasteiger charge is 2.21. The van der Waals surface area contributed by atoms with Crippen LogP contribution in [0.2, 0.25) is 0 Å². The molecular weight excluding hydrogens is 373 g/mol. The summed E-state index contributed by atoms with van der Waals surface area (Å²) < 4.78 is 15.0. The van der Waals surface area contributed by atoms with E-state index in [1.54, 1.807) is 17.0 Å². The van der Waals surface area contributed by atoms with E-state index in [0.717, 1.165) is 27.2 Å². The minimum atomic E-state index is -0.255. The molecule has 2 aromatic carbocycles. The molecular formula is C22H20FN3OS. The summed E-state index contributed by atoms with van der Waals surface area (Å²) in [5.41, 5.74) is 2.74. The number of hydrogen-bond donors (Lipinski definition) is 0. The van der Waals surface area contributed by atoms with Crippen molar-refractivity contribution in [3.63, 3.8) is 0 Å². The van der Waals surface area contributed by atoms with Crippen LogP contribution in [0.3, 0.4) is 0 Å². The number of aromatic nitrogens is 2. The molecule has 0 saturated heterocycles. The van der Waals surface area contributed by atoms with Gasteiger partial charge >= 0.3 is 0 Å². The highest BCUT2D eigenvalue weighted by Crippen LogP contribution is 2.30. The topological polar surface area (TPSA) is 38.1 Å². The Kier molecular flexibility index (Phi) is 4.96. The van der Waals surface area contributed by atoms with Crippen molar-refractivity contribution in [1.29, 1.82) is 0 Å². The van der Waals surface area contributed by atoms with Crippen LogP contribution in [0.4, 0.5) is 10.1 Å². The molecule has 0 fully saturated rings. The monoisotopic (exact) mass is 393 g/mol. The third kappa shape index (κ3) is 3.43. The van der Waals surface area contributed by atoms with Gasteiger partial charge in [0.15, 0.2) is 0 Å². The normalized spacial score (nSPS) is 11.1.